The van der Waals surface area contributed by atoms with Crippen LogP contribution in [0.1, 0.15) is 0 Å². The van der Waals surface area contributed by atoms with E-state index in [4.69, 9.17) is 0 Å². The average molecular weight is 455 g/mol. The summed E-state index contributed by atoms with van der Waals surface area (Å²) in [6.45, 7) is -0.285. The Labute approximate surface area is 172 Å². The van der Waals surface area contributed by atoms with E-state index >= 15 is 0 Å². The standard InChI is InChI=1S/C18H18N2O6S3/c1-28(23,24)13-8-6-12(7-9-13)27-16-10-20(11-17(21)22)15-5-3-4-14(18(15)16)19-29(2,25)26/h3-10,19H,11H2,1-2H3,(H,21,22). The summed E-state index contributed by atoms with van der Waals surface area (Å²) in [5.41, 5.74) is 0.903. The quantitative estimate of drug-likeness (QED) is 0.563. The summed E-state index contributed by atoms with van der Waals surface area (Å²) in [6.07, 6.45) is 3.80. The van der Waals surface area contributed by atoms with Gasteiger partial charge in [-0.3, -0.25) is 9.52 Å². The highest BCUT2D eigenvalue weighted by atomic mass is 32.2. The van der Waals surface area contributed by atoms with Crippen molar-refractivity contribution in [2.24, 2.45) is 0 Å². The number of carbonyl (C=O) groups is 1. The molecule has 29 heavy (non-hydrogen) atoms. The predicted molar refractivity (Wildman–Crippen MR) is 112 cm³/mol. The Bertz CT molecular complexity index is 1290. The molecule has 1 heterocycles. The number of hydrogen-bond acceptors (Lipinski definition) is 6. The van der Waals surface area contributed by atoms with Crippen LogP contribution in [0.5, 0.6) is 0 Å². The lowest BCUT2D eigenvalue weighted by Crippen LogP contribution is -2.10. The maximum Gasteiger partial charge on any atom is 0.323 e. The number of nitrogens with zero attached hydrogens (tertiary/aromatic N) is 1. The first-order chi connectivity index (χ1) is 13.4. The Kier molecular flexibility index (Phi) is 5.65. The predicted octanol–water partition coefficient (Wildman–Crippen LogP) is 2.65. The second-order valence-corrected chi connectivity index (χ2v) is 11.3. The van der Waals surface area contributed by atoms with Gasteiger partial charge in [-0.25, -0.2) is 16.8 Å². The first kappa shape index (κ1) is 21.2. The van der Waals surface area contributed by atoms with Gasteiger partial charge in [0.15, 0.2) is 9.84 Å². The molecule has 0 saturated carbocycles. The number of sulfone groups is 1. The monoisotopic (exact) mass is 454 g/mol. The SMILES string of the molecule is CS(=O)(=O)Nc1cccc2c1c(Sc1ccc(S(C)(=O)=O)cc1)cn2CC(=O)O. The number of benzene rings is 2. The third-order valence-corrected chi connectivity index (χ3v) is 6.71. The van der Waals surface area contributed by atoms with Gasteiger partial charge < -0.3 is 9.67 Å². The van der Waals surface area contributed by atoms with Gasteiger partial charge in [0.25, 0.3) is 0 Å². The summed E-state index contributed by atoms with van der Waals surface area (Å²) >= 11 is 1.28. The summed E-state index contributed by atoms with van der Waals surface area (Å²) in [5.74, 6) is -1.03. The van der Waals surface area contributed by atoms with E-state index in [-0.39, 0.29) is 11.4 Å². The molecule has 154 valence electrons. The summed E-state index contributed by atoms with van der Waals surface area (Å²) in [4.78, 5) is 12.8. The van der Waals surface area contributed by atoms with E-state index in [2.05, 4.69) is 4.72 Å². The van der Waals surface area contributed by atoms with Crippen LogP contribution in [0.2, 0.25) is 0 Å². The molecule has 11 heteroatoms. The van der Waals surface area contributed by atoms with Crippen LogP contribution in [0.3, 0.4) is 0 Å². The molecular weight excluding hydrogens is 436 g/mol. The Morgan fingerprint density at radius 3 is 2.28 bits per heavy atom. The Hall–Kier alpha value is -2.50. The van der Waals surface area contributed by atoms with Gasteiger partial charge in [0.05, 0.1) is 22.4 Å². The van der Waals surface area contributed by atoms with Gasteiger partial charge in [-0.05, 0) is 36.4 Å². The summed E-state index contributed by atoms with van der Waals surface area (Å²) < 4.78 is 50.8. The zero-order valence-corrected chi connectivity index (χ0v) is 17.9. The van der Waals surface area contributed by atoms with Gasteiger partial charge in [-0.2, -0.15) is 0 Å². The van der Waals surface area contributed by atoms with E-state index in [0.717, 1.165) is 17.4 Å². The molecule has 0 unspecified atom stereocenters. The number of hydrogen-bond donors (Lipinski definition) is 2. The zero-order chi connectivity index (χ0) is 21.4. The zero-order valence-electron chi connectivity index (χ0n) is 15.5. The van der Waals surface area contributed by atoms with Gasteiger partial charge in [0, 0.05) is 27.6 Å². The van der Waals surface area contributed by atoms with Crippen LogP contribution >= 0.6 is 11.8 Å². The first-order valence-corrected chi connectivity index (χ1v) is 12.8. The number of carboxylic acid groups (broad SMARTS) is 1. The second-order valence-electron chi connectivity index (χ2n) is 6.43. The molecule has 8 nitrogen and oxygen atoms in total. The third kappa shape index (κ3) is 5.11. The van der Waals surface area contributed by atoms with E-state index in [0.29, 0.717) is 21.5 Å². The van der Waals surface area contributed by atoms with Crippen molar-refractivity contribution in [1.82, 2.24) is 4.57 Å². The molecule has 0 aliphatic rings. The number of aliphatic carboxylic acids is 1. The lowest BCUT2D eigenvalue weighted by Gasteiger charge is -2.08. The Morgan fingerprint density at radius 2 is 1.72 bits per heavy atom. The van der Waals surface area contributed by atoms with Crippen LogP contribution in [-0.2, 0) is 31.2 Å². The van der Waals surface area contributed by atoms with Gasteiger partial charge in [0.1, 0.15) is 6.54 Å². The van der Waals surface area contributed by atoms with Gasteiger partial charge in [-0.1, -0.05) is 17.8 Å². The molecular formula is C18H18N2O6S3. The van der Waals surface area contributed by atoms with E-state index in [1.54, 1.807) is 36.5 Å². The van der Waals surface area contributed by atoms with Crippen LogP contribution in [0.25, 0.3) is 10.9 Å². The van der Waals surface area contributed by atoms with Crippen molar-refractivity contribution in [3.05, 3.63) is 48.7 Å². The molecule has 0 aliphatic heterocycles. The topological polar surface area (TPSA) is 123 Å². The molecule has 2 aromatic carbocycles. The van der Waals surface area contributed by atoms with Crippen molar-refractivity contribution in [1.29, 1.82) is 0 Å². The lowest BCUT2D eigenvalue weighted by atomic mass is 10.2. The maximum atomic E-state index is 11.8. The highest BCUT2D eigenvalue weighted by Gasteiger charge is 2.17. The average Bonchev–Trinajstić information content (AvgIpc) is 2.91. The highest BCUT2D eigenvalue weighted by molar-refractivity contribution is 7.99. The number of rotatable bonds is 7. The van der Waals surface area contributed by atoms with Crippen LogP contribution < -0.4 is 4.72 Å². The molecule has 0 fully saturated rings. The fraction of sp³-hybridized carbons (Fsp3) is 0.167. The summed E-state index contributed by atoms with van der Waals surface area (Å²) in [7, 11) is -6.86. The van der Waals surface area contributed by atoms with Crippen LogP contribution in [-0.4, -0.2) is 45.0 Å². The maximum absolute atomic E-state index is 11.8. The van der Waals surface area contributed by atoms with Gasteiger partial charge in [-0.15, -0.1) is 0 Å². The number of nitrogens with one attached hydrogen (secondary N) is 1. The fourth-order valence-corrected chi connectivity index (χ4v) is 5.06. The van der Waals surface area contributed by atoms with Gasteiger partial charge >= 0.3 is 5.97 Å². The van der Waals surface area contributed by atoms with Crippen molar-refractivity contribution in [2.75, 3.05) is 17.2 Å². The second kappa shape index (κ2) is 7.73. The molecule has 0 aliphatic carbocycles. The van der Waals surface area contributed by atoms with Crippen molar-refractivity contribution in [3.8, 4) is 0 Å². The minimum absolute atomic E-state index is 0.189. The van der Waals surface area contributed by atoms with E-state index in [1.807, 2.05) is 0 Å². The van der Waals surface area contributed by atoms with Crippen LogP contribution in [0, 0.1) is 0 Å². The minimum Gasteiger partial charge on any atom is -0.480 e. The number of anilines is 1. The third-order valence-electron chi connectivity index (χ3n) is 3.95. The first-order valence-electron chi connectivity index (χ1n) is 8.23. The molecule has 0 saturated heterocycles. The Balaban J connectivity index is 2.11. The van der Waals surface area contributed by atoms with Crippen molar-refractivity contribution >= 4 is 54.2 Å². The Morgan fingerprint density at radius 1 is 1.07 bits per heavy atom. The van der Waals surface area contributed by atoms with E-state index in [9.17, 15) is 26.7 Å². The number of sulfonamides is 1. The molecule has 0 bridgehead atoms. The lowest BCUT2D eigenvalue weighted by molar-refractivity contribution is -0.137. The highest BCUT2D eigenvalue weighted by Crippen LogP contribution is 2.39. The largest absolute Gasteiger partial charge is 0.480 e. The van der Waals surface area contributed by atoms with Crippen molar-refractivity contribution in [3.63, 3.8) is 0 Å². The minimum atomic E-state index is -3.55. The number of aromatic nitrogens is 1. The van der Waals surface area contributed by atoms with Crippen molar-refractivity contribution < 1.29 is 26.7 Å². The number of fused-ring (bicyclic) bond motifs is 1. The molecule has 2 N–H and O–H groups in total. The summed E-state index contributed by atoms with van der Waals surface area (Å²) in [6, 6.07) is 11.2. The van der Waals surface area contributed by atoms with Gasteiger partial charge in [0.2, 0.25) is 10.0 Å². The fourth-order valence-electron chi connectivity index (χ4n) is 2.83. The van der Waals surface area contributed by atoms with Crippen LogP contribution in [0.15, 0.2) is 63.3 Å². The molecule has 0 spiro atoms. The molecule has 0 radical (unpaired) electrons. The number of carboxylic acids is 1. The van der Waals surface area contributed by atoms with Crippen LogP contribution in [0.4, 0.5) is 5.69 Å². The van der Waals surface area contributed by atoms with Crippen molar-refractivity contribution in [2.45, 2.75) is 21.2 Å². The normalized spacial score (nSPS) is 12.2. The summed E-state index contributed by atoms with van der Waals surface area (Å²) in [5, 5.41) is 9.76. The molecule has 0 amide bonds. The molecule has 3 rings (SSSR count). The molecule has 3 aromatic rings. The molecule has 0 atom stereocenters. The van der Waals surface area contributed by atoms with E-state index in [1.165, 1.54) is 28.5 Å². The molecule has 1 aromatic heterocycles. The van der Waals surface area contributed by atoms with E-state index < -0.39 is 25.8 Å². The smallest absolute Gasteiger partial charge is 0.323 e.